The first-order valence-electron chi connectivity index (χ1n) is 9.39. The highest BCUT2D eigenvalue weighted by Crippen LogP contribution is 2.13. The highest BCUT2D eigenvalue weighted by atomic mass is 16.5. The van der Waals surface area contributed by atoms with Gasteiger partial charge in [0.05, 0.1) is 19.3 Å². The van der Waals surface area contributed by atoms with Gasteiger partial charge < -0.3 is 25.0 Å². The van der Waals surface area contributed by atoms with Crippen molar-refractivity contribution in [3.8, 4) is 5.75 Å². The van der Waals surface area contributed by atoms with E-state index in [0.29, 0.717) is 18.8 Å². The second-order valence-electron chi connectivity index (χ2n) is 6.43. The Labute approximate surface area is 156 Å². The number of benzene rings is 1. The minimum absolute atomic E-state index is 0.00123. The molecule has 1 aromatic rings. The molecule has 1 rings (SSSR count). The molecule has 0 aliphatic carbocycles. The van der Waals surface area contributed by atoms with Gasteiger partial charge in [0.1, 0.15) is 18.5 Å². The van der Waals surface area contributed by atoms with Crippen molar-refractivity contribution in [2.75, 3.05) is 26.9 Å². The number of unbranched alkanes of at least 4 members (excludes halogenated alkanes) is 3. The van der Waals surface area contributed by atoms with Gasteiger partial charge in [0, 0.05) is 13.5 Å². The molecule has 0 aliphatic rings. The van der Waals surface area contributed by atoms with Crippen LogP contribution in [0.4, 0.5) is 0 Å². The van der Waals surface area contributed by atoms with Crippen molar-refractivity contribution in [1.82, 2.24) is 5.32 Å². The van der Waals surface area contributed by atoms with Crippen molar-refractivity contribution in [2.45, 2.75) is 57.6 Å². The van der Waals surface area contributed by atoms with Gasteiger partial charge in [-0.3, -0.25) is 4.79 Å². The number of aliphatic hydroxyl groups is 2. The Morgan fingerprint density at radius 3 is 2.54 bits per heavy atom. The van der Waals surface area contributed by atoms with Crippen molar-refractivity contribution < 1.29 is 24.5 Å². The summed E-state index contributed by atoms with van der Waals surface area (Å²) in [5, 5.41) is 22.3. The van der Waals surface area contributed by atoms with Gasteiger partial charge in [0.25, 0.3) is 0 Å². The summed E-state index contributed by atoms with van der Waals surface area (Å²) in [6, 6.07) is 6.83. The van der Waals surface area contributed by atoms with Crippen molar-refractivity contribution in [2.24, 2.45) is 0 Å². The number of amides is 1. The Morgan fingerprint density at radius 1 is 1.19 bits per heavy atom. The van der Waals surface area contributed by atoms with Crippen LogP contribution < -0.4 is 10.1 Å². The molecule has 148 valence electrons. The third-order valence-electron chi connectivity index (χ3n) is 4.20. The maximum absolute atomic E-state index is 11.9. The number of rotatable bonds is 14. The van der Waals surface area contributed by atoms with Crippen molar-refractivity contribution in [3.63, 3.8) is 0 Å². The first-order valence-corrected chi connectivity index (χ1v) is 9.39. The number of hydrogen-bond acceptors (Lipinski definition) is 5. The molecule has 3 N–H and O–H groups in total. The normalized spacial score (nSPS) is 13.2. The minimum Gasteiger partial charge on any atom is -0.491 e. The Hall–Kier alpha value is -1.63. The first kappa shape index (κ1) is 22.4. The molecule has 26 heavy (non-hydrogen) atoms. The molecular weight excluding hydrogens is 334 g/mol. The fourth-order valence-electron chi connectivity index (χ4n) is 2.52. The summed E-state index contributed by atoms with van der Waals surface area (Å²) in [6.07, 6.45) is 4.32. The van der Waals surface area contributed by atoms with E-state index in [1.807, 2.05) is 24.3 Å². The third-order valence-corrected chi connectivity index (χ3v) is 4.20. The van der Waals surface area contributed by atoms with Crippen LogP contribution >= 0.6 is 0 Å². The maximum Gasteiger partial charge on any atom is 0.220 e. The van der Waals surface area contributed by atoms with Crippen LogP contribution in [-0.2, 0) is 16.0 Å². The van der Waals surface area contributed by atoms with E-state index < -0.39 is 12.1 Å². The summed E-state index contributed by atoms with van der Waals surface area (Å²) in [5.41, 5.74) is 1.14. The van der Waals surface area contributed by atoms with Crippen molar-refractivity contribution in [1.29, 1.82) is 0 Å². The quantitative estimate of drug-likeness (QED) is 0.438. The molecule has 0 unspecified atom stereocenters. The molecule has 0 aromatic heterocycles. The fourth-order valence-corrected chi connectivity index (χ4v) is 2.52. The number of carbonyl (C=O) groups excluding carboxylic acids is 1. The lowest BCUT2D eigenvalue weighted by molar-refractivity contribution is -0.123. The fraction of sp³-hybridized carbons (Fsp3) is 0.650. The Morgan fingerprint density at radius 2 is 1.92 bits per heavy atom. The van der Waals surface area contributed by atoms with E-state index in [1.165, 1.54) is 0 Å². The van der Waals surface area contributed by atoms with Crippen LogP contribution in [0, 0.1) is 0 Å². The van der Waals surface area contributed by atoms with E-state index in [9.17, 15) is 15.0 Å². The van der Waals surface area contributed by atoms with Crippen molar-refractivity contribution >= 4 is 5.91 Å². The van der Waals surface area contributed by atoms with Gasteiger partial charge in [-0.25, -0.2) is 0 Å². The second-order valence-corrected chi connectivity index (χ2v) is 6.43. The van der Waals surface area contributed by atoms with Crippen LogP contribution in [0.5, 0.6) is 5.75 Å². The van der Waals surface area contributed by atoms with Crippen molar-refractivity contribution in [3.05, 3.63) is 29.8 Å². The molecule has 2 atom stereocenters. The van der Waals surface area contributed by atoms with Gasteiger partial charge in [-0.05, 0) is 30.5 Å². The molecule has 0 saturated heterocycles. The molecule has 0 heterocycles. The largest absolute Gasteiger partial charge is 0.491 e. The number of aliphatic hydroxyl groups excluding tert-OH is 2. The van der Waals surface area contributed by atoms with Gasteiger partial charge >= 0.3 is 0 Å². The average Bonchev–Trinajstić information content (AvgIpc) is 2.66. The standard InChI is InChI=1S/C20H33NO5/c1-3-4-5-6-7-20(24)21-18(14-22)19(23)15-26-17-10-8-16(9-11-17)12-13-25-2/h8-11,18-19,22-23H,3-7,12-15H2,1-2H3,(H,21,24)/t18-,19+/m0/s1. The molecule has 0 spiro atoms. The number of hydrogen-bond donors (Lipinski definition) is 3. The number of nitrogens with one attached hydrogen (secondary N) is 1. The molecule has 0 radical (unpaired) electrons. The SMILES string of the molecule is CCCCCCC(=O)N[C@@H](CO)[C@H](O)COc1ccc(CCOC)cc1. The molecule has 1 amide bonds. The predicted octanol–water partition coefficient (Wildman–Crippen LogP) is 2.06. The van der Waals surface area contributed by atoms with Gasteiger partial charge in [0.2, 0.25) is 5.91 Å². The molecule has 1 aromatic carbocycles. The van der Waals surface area contributed by atoms with Crippen LogP contribution in [-0.4, -0.2) is 55.2 Å². The van der Waals surface area contributed by atoms with Crippen LogP contribution in [0.3, 0.4) is 0 Å². The topological polar surface area (TPSA) is 88.0 Å². The molecule has 6 heteroatoms. The summed E-state index contributed by atoms with van der Waals surface area (Å²) in [4.78, 5) is 11.9. The lowest BCUT2D eigenvalue weighted by Gasteiger charge is -2.22. The number of ether oxygens (including phenoxy) is 2. The van der Waals surface area contributed by atoms with E-state index >= 15 is 0 Å². The van der Waals surface area contributed by atoms with Gasteiger partial charge in [-0.15, -0.1) is 0 Å². The number of carbonyl (C=O) groups is 1. The lowest BCUT2D eigenvalue weighted by Crippen LogP contribution is -2.48. The summed E-state index contributed by atoms with van der Waals surface area (Å²) < 4.78 is 10.6. The zero-order valence-electron chi connectivity index (χ0n) is 15.9. The molecule has 0 aliphatic heterocycles. The highest BCUT2D eigenvalue weighted by molar-refractivity contribution is 5.76. The maximum atomic E-state index is 11.9. The Kier molecular flexibility index (Phi) is 11.7. The zero-order chi connectivity index (χ0) is 19.2. The molecule has 0 bridgehead atoms. The lowest BCUT2D eigenvalue weighted by atomic mass is 10.1. The average molecular weight is 367 g/mol. The second kappa shape index (κ2) is 13.6. The van der Waals surface area contributed by atoms with Crippen LogP contribution in [0.1, 0.15) is 44.6 Å². The zero-order valence-corrected chi connectivity index (χ0v) is 15.9. The van der Waals surface area contributed by atoms with Crippen LogP contribution in [0.15, 0.2) is 24.3 Å². The van der Waals surface area contributed by atoms with Crippen LogP contribution in [0.2, 0.25) is 0 Å². The van der Waals surface area contributed by atoms with Gasteiger partial charge in [0.15, 0.2) is 0 Å². The Balaban J connectivity index is 2.36. The summed E-state index contributed by atoms with van der Waals surface area (Å²) in [7, 11) is 1.67. The van der Waals surface area contributed by atoms with E-state index in [-0.39, 0.29) is 19.1 Å². The molecule has 0 fully saturated rings. The highest BCUT2D eigenvalue weighted by Gasteiger charge is 2.21. The van der Waals surface area contributed by atoms with Gasteiger partial charge in [-0.1, -0.05) is 38.3 Å². The van der Waals surface area contributed by atoms with E-state index in [2.05, 4.69) is 12.2 Å². The minimum atomic E-state index is -0.979. The first-order chi connectivity index (χ1) is 12.6. The van der Waals surface area contributed by atoms with E-state index in [4.69, 9.17) is 9.47 Å². The summed E-state index contributed by atoms with van der Waals surface area (Å²) >= 11 is 0. The third kappa shape index (κ3) is 9.17. The van der Waals surface area contributed by atoms with Gasteiger partial charge in [-0.2, -0.15) is 0 Å². The molecule has 0 saturated carbocycles. The smallest absolute Gasteiger partial charge is 0.220 e. The molecule has 6 nitrogen and oxygen atoms in total. The summed E-state index contributed by atoms with van der Waals surface area (Å²) in [5.74, 6) is 0.481. The molecular formula is C20H33NO5. The number of methoxy groups -OCH3 is 1. The predicted molar refractivity (Wildman–Crippen MR) is 101 cm³/mol. The van der Waals surface area contributed by atoms with E-state index in [1.54, 1.807) is 7.11 Å². The summed E-state index contributed by atoms with van der Waals surface area (Å²) in [6.45, 7) is 2.45. The van der Waals surface area contributed by atoms with Crippen LogP contribution in [0.25, 0.3) is 0 Å². The van der Waals surface area contributed by atoms with E-state index in [0.717, 1.165) is 37.7 Å². The Bertz CT molecular complexity index is 491. The monoisotopic (exact) mass is 367 g/mol.